The number of halogens is 1. The fourth-order valence-corrected chi connectivity index (χ4v) is 6.44. The number of ether oxygens (including phenoxy) is 2. The summed E-state index contributed by atoms with van der Waals surface area (Å²) >= 11 is 3.76. The summed E-state index contributed by atoms with van der Waals surface area (Å²) in [5.74, 6) is 1.73. The molecule has 0 radical (unpaired) electrons. The molecule has 266 valence electrons. The van der Waals surface area contributed by atoms with E-state index in [1.165, 1.54) is 64.2 Å². The number of hydrogen-bond donors (Lipinski definition) is 0. The van der Waals surface area contributed by atoms with Crippen molar-refractivity contribution < 1.29 is 9.47 Å². The van der Waals surface area contributed by atoms with Crippen LogP contribution in [0.15, 0.2) is 102 Å². The van der Waals surface area contributed by atoms with Gasteiger partial charge in [-0.05, 0) is 94.0 Å². The predicted octanol–water partition coefficient (Wildman–Crippen LogP) is 13.3. The highest BCUT2D eigenvalue weighted by Crippen LogP contribution is 2.35. The molecule has 0 atom stereocenters. The lowest BCUT2D eigenvalue weighted by Crippen LogP contribution is -2.02. The van der Waals surface area contributed by atoms with Gasteiger partial charge in [0.15, 0.2) is 0 Å². The van der Waals surface area contributed by atoms with E-state index in [4.69, 9.17) is 14.5 Å². The summed E-state index contributed by atoms with van der Waals surface area (Å²) in [5.41, 5.74) is 7.56. The Balaban J connectivity index is 1.33. The second kappa shape index (κ2) is 21.2. The zero-order valence-corrected chi connectivity index (χ0v) is 31.9. The molecule has 51 heavy (non-hydrogen) atoms. The van der Waals surface area contributed by atoms with Crippen molar-refractivity contribution in [1.82, 2.24) is 15.0 Å². The van der Waals surface area contributed by atoms with Gasteiger partial charge in [-0.1, -0.05) is 127 Å². The van der Waals surface area contributed by atoms with Crippen LogP contribution in [0.4, 0.5) is 0 Å². The van der Waals surface area contributed by atoms with Crippen LogP contribution in [0.25, 0.3) is 46.1 Å². The molecule has 0 aliphatic heterocycles. The van der Waals surface area contributed by atoms with Crippen LogP contribution >= 0.6 is 15.9 Å². The SMILES string of the molecule is CCCCCCCCOc1cc(/C=C/c2ccc(-c3cc(-c4ccccn4)nc(-c4ccccn4)c3)cc2)c(OCCCCCCCC)cc1Br. The molecule has 2 aromatic carbocycles. The first kappa shape index (κ1) is 38.0. The van der Waals surface area contributed by atoms with Gasteiger partial charge in [0.2, 0.25) is 0 Å². The van der Waals surface area contributed by atoms with Crippen LogP contribution in [0.1, 0.15) is 102 Å². The van der Waals surface area contributed by atoms with Crippen LogP contribution in [0.5, 0.6) is 11.5 Å². The van der Waals surface area contributed by atoms with Gasteiger partial charge in [-0.3, -0.25) is 9.97 Å². The van der Waals surface area contributed by atoms with Gasteiger partial charge in [-0.15, -0.1) is 0 Å². The summed E-state index contributed by atoms with van der Waals surface area (Å²) in [4.78, 5) is 14.0. The standard InChI is InChI=1S/C45H52BrN3O2/c1-3-5-7-9-11-17-29-50-44-34-39(46)45(51-30-18-12-10-8-6-4-2)33-37(44)26-23-35-21-24-36(25-22-35)38-31-42(40-19-13-15-27-47-40)49-43(32-38)41-20-14-16-28-48-41/h13-16,19-28,31-34H,3-12,17-18,29-30H2,1-2H3/b26-23+. The Bertz CT molecular complexity index is 1720. The lowest BCUT2D eigenvalue weighted by molar-refractivity contribution is 0.294. The van der Waals surface area contributed by atoms with Gasteiger partial charge in [0.05, 0.1) is 40.5 Å². The maximum Gasteiger partial charge on any atom is 0.134 e. The first-order chi connectivity index (χ1) is 25.1. The van der Waals surface area contributed by atoms with E-state index in [-0.39, 0.29) is 0 Å². The quantitative estimate of drug-likeness (QED) is 0.0553. The molecule has 0 spiro atoms. The number of aromatic nitrogens is 3. The van der Waals surface area contributed by atoms with E-state index in [2.05, 4.69) is 100 Å². The summed E-state index contributed by atoms with van der Waals surface area (Å²) in [6.45, 7) is 5.93. The third-order valence-corrected chi connectivity index (χ3v) is 9.57. The Hall–Kier alpha value is -4.29. The molecule has 0 unspecified atom stereocenters. The molecule has 0 amide bonds. The van der Waals surface area contributed by atoms with Crippen molar-refractivity contribution in [2.24, 2.45) is 0 Å². The highest BCUT2D eigenvalue weighted by Gasteiger charge is 2.12. The molecule has 0 saturated carbocycles. The van der Waals surface area contributed by atoms with E-state index in [1.54, 1.807) is 12.4 Å². The molecular formula is C45H52BrN3O2. The fourth-order valence-electron chi connectivity index (χ4n) is 6.01. The van der Waals surface area contributed by atoms with Crippen LogP contribution in [-0.2, 0) is 0 Å². The normalized spacial score (nSPS) is 11.3. The van der Waals surface area contributed by atoms with Crippen LogP contribution in [0.2, 0.25) is 0 Å². The van der Waals surface area contributed by atoms with Crippen molar-refractivity contribution in [3.8, 4) is 45.4 Å². The molecule has 0 bridgehead atoms. The van der Waals surface area contributed by atoms with Crippen LogP contribution in [0.3, 0.4) is 0 Å². The fraction of sp³-hybridized carbons (Fsp3) is 0.356. The lowest BCUT2D eigenvalue weighted by atomic mass is 10.0. The number of hydrogen-bond acceptors (Lipinski definition) is 5. The number of benzene rings is 2. The summed E-state index contributed by atoms with van der Waals surface area (Å²) in [7, 11) is 0. The Morgan fingerprint density at radius 3 is 1.63 bits per heavy atom. The summed E-state index contributed by atoms with van der Waals surface area (Å²) in [5, 5.41) is 0. The van der Waals surface area contributed by atoms with Crippen LogP contribution in [0, 0.1) is 0 Å². The van der Waals surface area contributed by atoms with Gasteiger partial charge < -0.3 is 9.47 Å². The van der Waals surface area contributed by atoms with E-state index in [0.29, 0.717) is 13.2 Å². The first-order valence-electron chi connectivity index (χ1n) is 18.9. The minimum Gasteiger partial charge on any atom is -0.493 e. The van der Waals surface area contributed by atoms with Crippen molar-refractivity contribution >= 4 is 28.1 Å². The van der Waals surface area contributed by atoms with Gasteiger partial charge in [0.1, 0.15) is 11.5 Å². The van der Waals surface area contributed by atoms with Crippen molar-refractivity contribution in [2.75, 3.05) is 13.2 Å². The molecule has 0 fully saturated rings. The molecule has 3 heterocycles. The molecule has 0 aliphatic carbocycles. The average molecular weight is 747 g/mol. The third-order valence-electron chi connectivity index (χ3n) is 8.95. The Morgan fingerprint density at radius 1 is 0.529 bits per heavy atom. The summed E-state index contributed by atoms with van der Waals surface area (Å²) in [6.07, 6.45) is 22.7. The Kier molecular flexibility index (Phi) is 15.7. The summed E-state index contributed by atoms with van der Waals surface area (Å²) in [6, 6.07) is 28.8. The van der Waals surface area contributed by atoms with Gasteiger partial charge in [-0.25, -0.2) is 4.98 Å². The highest BCUT2D eigenvalue weighted by atomic mass is 79.9. The van der Waals surface area contributed by atoms with Crippen LogP contribution in [-0.4, -0.2) is 28.2 Å². The van der Waals surface area contributed by atoms with E-state index in [0.717, 1.165) is 73.8 Å². The molecule has 0 saturated heterocycles. The zero-order chi connectivity index (χ0) is 35.5. The molecule has 0 aliphatic rings. The monoisotopic (exact) mass is 745 g/mol. The number of pyridine rings is 3. The van der Waals surface area contributed by atoms with Gasteiger partial charge in [0, 0.05) is 18.0 Å². The average Bonchev–Trinajstić information content (AvgIpc) is 3.18. The Labute approximate surface area is 313 Å². The van der Waals surface area contributed by atoms with Gasteiger partial charge in [-0.2, -0.15) is 0 Å². The topological polar surface area (TPSA) is 57.1 Å². The van der Waals surface area contributed by atoms with Crippen molar-refractivity contribution in [3.63, 3.8) is 0 Å². The molecule has 5 aromatic rings. The zero-order valence-electron chi connectivity index (χ0n) is 30.3. The number of unbranched alkanes of at least 4 members (excludes halogenated alkanes) is 10. The van der Waals surface area contributed by atoms with Gasteiger partial charge >= 0.3 is 0 Å². The number of nitrogens with zero attached hydrogens (tertiary/aromatic N) is 3. The van der Waals surface area contributed by atoms with E-state index < -0.39 is 0 Å². The van der Waals surface area contributed by atoms with E-state index >= 15 is 0 Å². The molecule has 5 rings (SSSR count). The lowest BCUT2D eigenvalue weighted by Gasteiger charge is -2.14. The maximum atomic E-state index is 6.37. The van der Waals surface area contributed by atoms with Gasteiger partial charge in [0.25, 0.3) is 0 Å². The molecule has 6 heteroatoms. The summed E-state index contributed by atoms with van der Waals surface area (Å²) < 4.78 is 13.6. The van der Waals surface area contributed by atoms with Crippen molar-refractivity contribution in [1.29, 1.82) is 0 Å². The van der Waals surface area contributed by atoms with E-state index in [9.17, 15) is 0 Å². The highest BCUT2D eigenvalue weighted by molar-refractivity contribution is 9.10. The van der Waals surface area contributed by atoms with Crippen molar-refractivity contribution in [3.05, 3.63) is 113 Å². The maximum absolute atomic E-state index is 6.37. The first-order valence-corrected chi connectivity index (χ1v) is 19.7. The minimum atomic E-state index is 0.707. The molecule has 0 N–H and O–H groups in total. The largest absolute Gasteiger partial charge is 0.493 e. The van der Waals surface area contributed by atoms with Crippen molar-refractivity contribution in [2.45, 2.75) is 90.9 Å². The smallest absolute Gasteiger partial charge is 0.134 e. The molecule has 3 aromatic heterocycles. The molecular weight excluding hydrogens is 694 g/mol. The minimum absolute atomic E-state index is 0.707. The Morgan fingerprint density at radius 2 is 1.08 bits per heavy atom. The second-order valence-electron chi connectivity index (χ2n) is 13.1. The molecule has 5 nitrogen and oxygen atoms in total. The second-order valence-corrected chi connectivity index (χ2v) is 13.9. The number of rotatable bonds is 21. The third kappa shape index (κ3) is 12.2. The van der Waals surface area contributed by atoms with E-state index in [1.807, 2.05) is 36.4 Å². The van der Waals surface area contributed by atoms with Crippen LogP contribution < -0.4 is 9.47 Å². The predicted molar refractivity (Wildman–Crippen MR) is 217 cm³/mol.